The van der Waals surface area contributed by atoms with Crippen molar-refractivity contribution in [1.29, 1.82) is 0 Å². The van der Waals surface area contributed by atoms with Crippen LogP contribution in [-0.4, -0.2) is 17.5 Å². The number of halogens is 1. The minimum Gasteiger partial charge on any atom is -0.494 e. The van der Waals surface area contributed by atoms with Crippen LogP contribution in [0, 0.1) is 6.92 Å². The first-order chi connectivity index (χ1) is 10.1. The lowest BCUT2D eigenvalue weighted by molar-refractivity contribution is 0.102. The quantitative estimate of drug-likeness (QED) is 0.855. The molecule has 0 aliphatic rings. The minimum absolute atomic E-state index is 0.198. The van der Waals surface area contributed by atoms with E-state index in [1.54, 1.807) is 24.5 Å². The number of ether oxygens (including phenoxy) is 1. The van der Waals surface area contributed by atoms with Crippen LogP contribution in [-0.2, 0) is 5.88 Å². The standard InChI is InChI=1S/C16H17ClN2O2/c1-3-21-15-5-4-14(7-12(15)8-17)19-16(20)13-6-11(2)9-18-10-13/h4-7,9-10H,3,8H2,1-2H3,(H,19,20). The van der Waals surface area contributed by atoms with E-state index >= 15 is 0 Å². The highest BCUT2D eigenvalue weighted by Crippen LogP contribution is 2.25. The van der Waals surface area contributed by atoms with E-state index in [0.29, 0.717) is 23.7 Å². The van der Waals surface area contributed by atoms with Crippen molar-refractivity contribution in [3.05, 3.63) is 53.3 Å². The molecule has 0 bridgehead atoms. The maximum atomic E-state index is 12.2. The molecule has 1 amide bonds. The molecule has 5 heteroatoms. The van der Waals surface area contributed by atoms with Crippen LogP contribution in [0.5, 0.6) is 5.75 Å². The molecule has 2 rings (SSSR count). The molecule has 0 aliphatic carbocycles. The average molecular weight is 305 g/mol. The van der Waals surface area contributed by atoms with Gasteiger partial charge in [0, 0.05) is 23.6 Å². The number of rotatable bonds is 5. The molecule has 0 unspecified atom stereocenters. The number of nitrogens with zero attached hydrogens (tertiary/aromatic N) is 1. The van der Waals surface area contributed by atoms with Gasteiger partial charge in [0.2, 0.25) is 0 Å². The topological polar surface area (TPSA) is 51.2 Å². The second-order valence-electron chi connectivity index (χ2n) is 4.59. The monoisotopic (exact) mass is 304 g/mol. The highest BCUT2D eigenvalue weighted by atomic mass is 35.5. The number of carbonyl (C=O) groups excluding carboxylic acids is 1. The van der Waals surface area contributed by atoms with Crippen molar-refractivity contribution < 1.29 is 9.53 Å². The number of benzene rings is 1. The molecule has 0 spiro atoms. The maximum Gasteiger partial charge on any atom is 0.257 e. The Morgan fingerprint density at radius 3 is 2.81 bits per heavy atom. The molecule has 0 atom stereocenters. The van der Waals surface area contributed by atoms with Crippen LogP contribution in [0.3, 0.4) is 0 Å². The van der Waals surface area contributed by atoms with E-state index in [4.69, 9.17) is 16.3 Å². The van der Waals surface area contributed by atoms with Crippen molar-refractivity contribution in [3.63, 3.8) is 0 Å². The third-order valence-corrected chi connectivity index (χ3v) is 3.19. The number of nitrogens with one attached hydrogen (secondary N) is 1. The predicted molar refractivity (Wildman–Crippen MR) is 84.1 cm³/mol. The highest BCUT2D eigenvalue weighted by molar-refractivity contribution is 6.17. The van der Waals surface area contributed by atoms with Crippen molar-refractivity contribution in [2.24, 2.45) is 0 Å². The van der Waals surface area contributed by atoms with Gasteiger partial charge in [-0.3, -0.25) is 9.78 Å². The Labute approximate surface area is 129 Å². The zero-order chi connectivity index (χ0) is 15.2. The normalized spacial score (nSPS) is 10.2. The molecule has 0 radical (unpaired) electrons. The van der Waals surface area contributed by atoms with Gasteiger partial charge < -0.3 is 10.1 Å². The third kappa shape index (κ3) is 3.95. The van der Waals surface area contributed by atoms with E-state index in [-0.39, 0.29) is 5.91 Å². The largest absolute Gasteiger partial charge is 0.494 e. The van der Waals surface area contributed by atoms with Crippen LogP contribution in [0.15, 0.2) is 36.7 Å². The molecule has 0 saturated carbocycles. The lowest BCUT2D eigenvalue weighted by atomic mass is 10.1. The van der Waals surface area contributed by atoms with Gasteiger partial charge in [-0.2, -0.15) is 0 Å². The van der Waals surface area contributed by atoms with Crippen molar-refractivity contribution in [2.75, 3.05) is 11.9 Å². The van der Waals surface area contributed by atoms with Gasteiger partial charge in [0.1, 0.15) is 5.75 Å². The van der Waals surface area contributed by atoms with Gasteiger partial charge >= 0.3 is 0 Å². The molecule has 1 heterocycles. The van der Waals surface area contributed by atoms with E-state index in [1.165, 1.54) is 0 Å². The fourth-order valence-electron chi connectivity index (χ4n) is 1.94. The molecular weight excluding hydrogens is 288 g/mol. The fourth-order valence-corrected chi connectivity index (χ4v) is 2.15. The van der Waals surface area contributed by atoms with E-state index in [2.05, 4.69) is 10.3 Å². The summed E-state index contributed by atoms with van der Waals surface area (Å²) in [5.41, 5.74) is 2.99. The van der Waals surface area contributed by atoms with Crippen molar-refractivity contribution >= 4 is 23.2 Å². The van der Waals surface area contributed by atoms with Gasteiger partial charge in [-0.15, -0.1) is 11.6 Å². The van der Waals surface area contributed by atoms with Crippen LogP contribution in [0.4, 0.5) is 5.69 Å². The number of anilines is 1. The van der Waals surface area contributed by atoms with E-state index in [0.717, 1.165) is 16.9 Å². The highest BCUT2D eigenvalue weighted by Gasteiger charge is 2.09. The Morgan fingerprint density at radius 2 is 2.14 bits per heavy atom. The van der Waals surface area contributed by atoms with Crippen LogP contribution < -0.4 is 10.1 Å². The number of carbonyl (C=O) groups is 1. The second kappa shape index (κ2) is 7.09. The molecule has 0 saturated heterocycles. The van der Waals surface area contributed by atoms with Gasteiger partial charge in [-0.1, -0.05) is 0 Å². The van der Waals surface area contributed by atoms with E-state index in [9.17, 15) is 4.79 Å². The molecule has 1 aromatic carbocycles. The Balaban J connectivity index is 2.17. The van der Waals surface area contributed by atoms with Gasteiger partial charge in [-0.25, -0.2) is 0 Å². The number of aromatic nitrogens is 1. The summed E-state index contributed by atoms with van der Waals surface area (Å²) in [7, 11) is 0. The molecule has 0 aliphatic heterocycles. The summed E-state index contributed by atoms with van der Waals surface area (Å²) in [5, 5.41) is 2.84. The number of aryl methyl sites for hydroxylation is 1. The number of hydrogen-bond donors (Lipinski definition) is 1. The molecule has 4 nitrogen and oxygen atoms in total. The first-order valence-corrected chi connectivity index (χ1v) is 7.22. The predicted octanol–water partition coefficient (Wildman–Crippen LogP) is 3.78. The summed E-state index contributed by atoms with van der Waals surface area (Å²) >= 11 is 5.91. The molecule has 1 N–H and O–H groups in total. The molecular formula is C16H17ClN2O2. The van der Waals surface area contributed by atoms with Gasteiger partial charge in [0.25, 0.3) is 5.91 Å². The zero-order valence-electron chi connectivity index (χ0n) is 12.0. The van der Waals surface area contributed by atoms with Crippen LogP contribution in [0.1, 0.15) is 28.4 Å². The Morgan fingerprint density at radius 1 is 1.33 bits per heavy atom. The summed E-state index contributed by atoms with van der Waals surface area (Å²) in [5.74, 6) is 0.865. The van der Waals surface area contributed by atoms with Gasteiger partial charge in [0.15, 0.2) is 0 Å². The molecule has 1 aromatic heterocycles. The second-order valence-corrected chi connectivity index (χ2v) is 4.86. The van der Waals surface area contributed by atoms with Gasteiger partial charge in [-0.05, 0) is 43.7 Å². The lowest BCUT2D eigenvalue weighted by Crippen LogP contribution is -2.12. The number of pyridine rings is 1. The molecule has 110 valence electrons. The summed E-state index contributed by atoms with van der Waals surface area (Å²) in [6.07, 6.45) is 3.25. The zero-order valence-corrected chi connectivity index (χ0v) is 12.8. The average Bonchev–Trinajstić information content (AvgIpc) is 2.49. The molecule has 2 aromatic rings. The summed E-state index contributed by atoms with van der Waals surface area (Å²) < 4.78 is 5.48. The van der Waals surface area contributed by atoms with Gasteiger partial charge in [0.05, 0.1) is 18.1 Å². The van der Waals surface area contributed by atoms with Crippen LogP contribution in [0.25, 0.3) is 0 Å². The summed E-state index contributed by atoms with van der Waals surface area (Å²) in [4.78, 5) is 16.2. The molecule has 21 heavy (non-hydrogen) atoms. The summed E-state index contributed by atoms with van der Waals surface area (Å²) in [6.45, 7) is 4.38. The lowest BCUT2D eigenvalue weighted by Gasteiger charge is -2.11. The number of amides is 1. The third-order valence-electron chi connectivity index (χ3n) is 2.90. The van der Waals surface area contributed by atoms with E-state index in [1.807, 2.05) is 26.0 Å². The van der Waals surface area contributed by atoms with Crippen LogP contribution in [0.2, 0.25) is 0 Å². The van der Waals surface area contributed by atoms with Crippen molar-refractivity contribution in [2.45, 2.75) is 19.7 Å². The van der Waals surface area contributed by atoms with E-state index < -0.39 is 0 Å². The SMILES string of the molecule is CCOc1ccc(NC(=O)c2cncc(C)c2)cc1CCl. The maximum absolute atomic E-state index is 12.2. The molecule has 0 fully saturated rings. The number of alkyl halides is 1. The van der Waals surface area contributed by atoms with Crippen molar-refractivity contribution in [1.82, 2.24) is 4.98 Å². The smallest absolute Gasteiger partial charge is 0.257 e. The Bertz CT molecular complexity index is 644. The first-order valence-electron chi connectivity index (χ1n) is 6.68. The first kappa shape index (κ1) is 15.3. The minimum atomic E-state index is -0.198. The summed E-state index contributed by atoms with van der Waals surface area (Å²) in [6, 6.07) is 7.21. The Hall–Kier alpha value is -2.07. The fraction of sp³-hybridized carbons (Fsp3) is 0.250. The van der Waals surface area contributed by atoms with Crippen molar-refractivity contribution in [3.8, 4) is 5.75 Å². The Kier molecular flexibility index (Phi) is 5.17. The van der Waals surface area contributed by atoms with Crippen LogP contribution >= 0.6 is 11.6 Å². The number of hydrogen-bond acceptors (Lipinski definition) is 3.